The summed E-state index contributed by atoms with van der Waals surface area (Å²) in [5, 5.41) is 8.26. The van der Waals surface area contributed by atoms with Crippen LogP contribution in [0.5, 0.6) is 0 Å². The van der Waals surface area contributed by atoms with E-state index in [0.29, 0.717) is 6.04 Å². The summed E-state index contributed by atoms with van der Waals surface area (Å²) in [6.07, 6.45) is 4.10. The number of rotatable bonds is 5. The van der Waals surface area contributed by atoms with Crippen LogP contribution in [0.25, 0.3) is 16.8 Å². The molecule has 0 saturated carbocycles. The van der Waals surface area contributed by atoms with Gasteiger partial charge >= 0.3 is 0 Å². The quantitative estimate of drug-likeness (QED) is 0.598. The van der Waals surface area contributed by atoms with Crippen LogP contribution in [0, 0.1) is 20.8 Å². The Morgan fingerprint density at radius 2 is 1.72 bits per heavy atom. The third-order valence-corrected chi connectivity index (χ3v) is 5.16. The number of nitrogens with one attached hydrogen (secondary N) is 1. The lowest BCUT2D eigenvalue weighted by atomic mass is 9.98. The molecule has 2 heterocycles. The summed E-state index contributed by atoms with van der Waals surface area (Å²) in [4.78, 5) is 4.78. The molecule has 1 aromatic carbocycles. The Morgan fingerprint density at radius 1 is 1.08 bits per heavy atom. The van der Waals surface area contributed by atoms with Gasteiger partial charge in [0.15, 0.2) is 5.65 Å². The van der Waals surface area contributed by atoms with Crippen LogP contribution < -0.4 is 5.32 Å². The molecule has 3 rings (SSSR count). The third kappa shape index (κ3) is 3.43. The molecule has 0 bridgehead atoms. The second-order valence-corrected chi connectivity index (χ2v) is 7.56. The molecule has 0 aliphatic rings. The number of hydrogen-bond donors (Lipinski definition) is 1. The Labute approximate surface area is 157 Å². The monoisotopic (exact) mass is 400 g/mol. The van der Waals surface area contributed by atoms with Crippen LogP contribution in [0.4, 0.5) is 5.82 Å². The van der Waals surface area contributed by atoms with Crippen molar-refractivity contribution in [3.63, 3.8) is 0 Å². The zero-order chi connectivity index (χ0) is 18.1. The van der Waals surface area contributed by atoms with Gasteiger partial charge in [-0.05, 0) is 62.4 Å². The maximum atomic E-state index is 4.78. The smallest absolute Gasteiger partial charge is 0.165 e. The highest BCUT2D eigenvalue weighted by atomic mass is 79.9. The molecule has 2 aromatic heterocycles. The van der Waals surface area contributed by atoms with E-state index in [1.54, 1.807) is 0 Å². The highest BCUT2D eigenvalue weighted by Gasteiger charge is 2.17. The number of anilines is 1. The Bertz CT molecular complexity index is 886. The molecule has 4 nitrogen and oxygen atoms in total. The maximum absolute atomic E-state index is 4.78. The first-order chi connectivity index (χ1) is 11.9. The first-order valence-corrected chi connectivity index (χ1v) is 9.62. The second-order valence-electron chi connectivity index (χ2n) is 6.65. The molecule has 1 N–H and O–H groups in total. The molecular formula is C20H25BrN4. The Morgan fingerprint density at radius 3 is 2.32 bits per heavy atom. The van der Waals surface area contributed by atoms with Gasteiger partial charge in [-0.25, -0.2) is 4.98 Å². The van der Waals surface area contributed by atoms with E-state index in [9.17, 15) is 0 Å². The zero-order valence-electron chi connectivity index (χ0n) is 15.5. The van der Waals surface area contributed by atoms with E-state index in [2.05, 4.69) is 72.2 Å². The number of aryl methyl sites for hydroxylation is 3. The van der Waals surface area contributed by atoms with Crippen LogP contribution in [0.3, 0.4) is 0 Å². The highest BCUT2D eigenvalue weighted by Crippen LogP contribution is 2.33. The fourth-order valence-electron chi connectivity index (χ4n) is 3.40. The van der Waals surface area contributed by atoms with E-state index in [0.717, 1.165) is 40.0 Å². The summed E-state index contributed by atoms with van der Waals surface area (Å²) >= 11 is 3.58. The third-order valence-electron chi connectivity index (χ3n) is 4.70. The fraction of sp³-hybridized carbons (Fsp3) is 0.400. The van der Waals surface area contributed by atoms with Gasteiger partial charge in [-0.2, -0.15) is 9.61 Å². The first kappa shape index (κ1) is 17.9. The van der Waals surface area contributed by atoms with E-state index in [1.165, 1.54) is 16.7 Å². The molecule has 0 fully saturated rings. The first-order valence-electron chi connectivity index (χ1n) is 8.83. The summed E-state index contributed by atoms with van der Waals surface area (Å²) in [5.41, 5.74) is 6.64. The SMILES string of the molecule is CCC(CC)Nc1cc(C)nc2c(-c3c(C)cc(Br)cc3C)cnn12. The van der Waals surface area contributed by atoms with Crippen LogP contribution in [-0.2, 0) is 0 Å². The minimum Gasteiger partial charge on any atom is -0.367 e. The molecule has 3 aromatic rings. The van der Waals surface area contributed by atoms with E-state index < -0.39 is 0 Å². The molecule has 0 aliphatic heterocycles. The molecule has 132 valence electrons. The number of halogens is 1. The standard InChI is InChI=1S/C20H25BrN4/c1-6-16(7-2)24-18-10-14(5)23-20-17(11-22-25(18)20)19-12(3)8-15(21)9-13(19)4/h8-11,16,24H,6-7H2,1-5H3. The van der Waals surface area contributed by atoms with Gasteiger partial charge < -0.3 is 5.32 Å². The van der Waals surface area contributed by atoms with Crippen LogP contribution >= 0.6 is 15.9 Å². The van der Waals surface area contributed by atoms with E-state index in [4.69, 9.17) is 4.98 Å². The Balaban J connectivity index is 2.19. The molecule has 0 spiro atoms. The molecule has 0 amide bonds. The molecular weight excluding hydrogens is 376 g/mol. The van der Waals surface area contributed by atoms with Crippen molar-refractivity contribution in [3.8, 4) is 11.1 Å². The summed E-state index contributed by atoms with van der Waals surface area (Å²) in [6, 6.07) is 6.80. The number of fused-ring (bicyclic) bond motifs is 1. The van der Waals surface area contributed by atoms with E-state index >= 15 is 0 Å². The van der Waals surface area contributed by atoms with Gasteiger partial charge in [0, 0.05) is 27.8 Å². The minimum atomic E-state index is 0.439. The summed E-state index contributed by atoms with van der Waals surface area (Å²) < 4.78 is 3.03. The molecule has 5 heteroatoms. The van der Waals surface area contributed by atoms with Crippen molar-refractivity contribution in [1.82, 2.24) is 14.6 Å². The van der Waals surface area contributed by atoms with Crippen molar-refractivity contribution in [2.45, 2.75) is 53.5 Å². The molecule has 0 radical (unpaired) electrons. The van der Waals surface area contributed by atoms with E-state index in [-0.39, 0.29) is 0 Å². The zero-order valence-corrected chi connectivity index (χ0v) is 17.1. The normalized spacial score (nSPS) is 11.5. The van der Waals surface area contributed by atoms with Crippen LogP contribution in [0.2, 0.25) is 0 Å². The van der Waals surface area contributed by atoms with Gasteiger partial charge in [-0.1, -0.05) is 29.8 Å². The van der Waals surface area contributed by atoms with Crippen LogP contribution in [-0.4, -0.2) is 20.6 Å². The molecule has 0 atom stereocenters. The topological polar surface area (TPSA) is 42.2 Å². The molecule has 0 aliphatic carbocycles. The number of aromatic nitrogens is 3. The van der Waals surface area contributed by atoms with Gasteiger partial charge in [0.1, 0.15) is 5.82 Å². The lowest BCUT2D eigenvalue weighted by Gasteiger charge is -2.17. The van der Waals surface area contributed by atoms with Crippen molar-refractivity contribution >= 4 is 27.4 Å². The van der Waals surface area contributed by atoms with E-state index in [1.807, 2.05) is 17.6 Å². The largest absolute Gasteiger partial charge is 0.367 e. The van der Waals surface area contributed by atoms with Crippen molar-refractivity contribution in [1.29, 1.82) is 0 Å². The van der Waals surface area contributed by atoms with Crippen molar-refractivity contribution in [2.75, 3.05) is 5.32 Å². The van der Waals surface area contributed by atoms with Gasteiger partial charge in [-0.15, -0.1) is 0 Å². The van der Waals surface area contributed by atoms with Crippen molar-refractivity contribution in [2.24, 2.45) is 0 Å². The molecule has 25 heavy (non-hydrogen) atoms. The number of hydrogen-bond acceptors (Lipinski definition) is 3. The van der Waals surface area contributed by atoms with Crippen LogP contribution in [0.15, 0.2) is 28.9 Å². The minimum absolute atomic E-state index is 0.439. The molecule has 0 unspecified atom stereocenters. The van der Waals surface area contributed by atoms with Crippen molar-refractivity contribution < 1.29 is 0 Å². The second kappa shape index (κ2) is 7.16. The van der Waals surface area contributed by atoms with Gasteiger partial charge in [0.05, 0.1) is 6.20 Å². The predicted octanol–water partition coefficient (Wildman–Crippen LogP) is 5.68. The summed E-state index contributed by atoms with van der Waals surface area (Å²) in [7, 11) is 0. The lowest BCUT2D eigenvalue weighted by molar-refractivity contribution is 0.663. The Kier molecular flexibility index (Phi) is 5.13. The summed E-state index contributed by atoms with van der Waals surface area (Å²) in [6.45, 7) is 10.7. The van der Waals surface area contributed by atoms with Gasteiger partial charge in [0.25, 0.3) is 0 Å². The lowest BCUT2D eigenvalue weighted by Crippen LogP contribution is -2.19. The number of nitrogens with zero attached hydrogens (tertiary/aromatic N) is 3. The van der Waals surface area contributed by atoms with Crippen molar-refractivity contribution in [3.05, 3.63) is 45.7 Å². The Hall–Kier alpha value is -1.88. The van der Waals surface area contributed by atoms with Gasteiger partial charge in [0.2, 0.25) is 0 Å². The number of benzene rings is 1. The summed E-state index contributed by atoms with van der Waals surface area (Å²) in [5.74, 6) is 1.01. The van der Waals surface area contributed by atoms with Gasteiger partial charge in [-0.3, -0.25) is 0 Å². The highest BCUT2D eigenvalue weighted by molar-refractivity contribution is 9.10. The maximum Gasteiger partial charge on any atom is 0.165 e. The van der Waals surface area contributed by atoms with Crippen LogP contribution in [0.1, 0.15) is 43.5 Å². The average Bonchev–Trinajstić information content (AvgIpc) is 2.95. The average molecular weight is 401 g/mol. The molecule has 0 saturated heterocycles. The predicted molar refractivity (Wildman–Crippen MR) is 108 cm³/mol. The fourth-order valence-corrected chi connectivity index (χ4v) is 4.09.